The number of amides is 1. The molecule has 0 radical (unpaired) electrons. The van der Waals surface area contributed by atoms with E-state index in [1.807, 2.05) is 24.3 Å². The maximum atomic E-state index is 12.3. The van der Waals surface area contributed by atoms with E-state index in [4.69, 9.17) is 2.74 Å². The predicted octanol–water partition coefficient (Wildman–Crippen LogP) is 3.16. The smallest absolute Gasteiger partial charge is 0.270 e. The summed E-state index contributed by atoms with van der Waals surface area (Å²) in [5.74, 6) is -0.542. The molecule has 2 aromatic carbocycles. The van der Waals surface area contributed by atoms with E-state index in [1.165, 1.54) is 0 Å². The van der Waals surface area contributed by atoms with Crippen LogP contribution in [0.25, 0.3) is 10.9 Å². The molecule has 98 valence electrons. The van der Waals surface area contributed by atoms with Crippen LogP contribution >= 0.6 is 0 Å². The van der Waals surface area contributed by atoms with Crippen LogP contribution in [0.3, 0.4) is 0 Å². The zero-order valence-corrected chi connectivity index (χ0v) is 10.7. The number of fused-ring (bicyclic) bond motifs is 1. The molecule has 3 nitrogen and oxygen atoms in total. The van der Waals surface area contributed by atoms with Crippen molar-refractivity contribution in [1.29, 1.82) is 0 Å². The fourth-order valence-electron chi connectivity index (χ4n) is 1.91. The second kappa shape index (κ2) is 5.53. The molecule has 20 heavy (non-hydrogen) atoms. The first kappa shape index (κ1) is 10.1. The van der Waals surface area contributed by atoms with E-state index in [-0.39, 0.29) is 5.69 Å². The molecule has 0 fully saturated rings. The summed E-state index contributed by atoms with van der Waals surface area (Å²) in [6.07, 6.45) is 0. The Morgan fingerprint density at radius 2 is 1.75 bits per heavy atom. The first-order valence-electron chi connectivity index (χ1n) is 7.30. The van der Waals surface area contributed by atoms with Crippen molar-refractivity contribution in [1.82, 2.24) is 10.3 Å². The predicted molar refractivity (Wildman–Crippen MR) is 79.4 cm³/mol. The third kappa shape index (κ3) is 2.67. The molecule has 3 aromatic rings. The van der Waals surface area contributed by atoms with Crippen molar-refractivity contribution in [3.8, 4) is 0 Å². The first-order chi connectivity index (χ1) is 10.6. The van der Waals surface area contributed by atoms with Crippen LogP contribution in [0.15, 0.2) is 66.7 Å². The van der Waals surface area contributed by atoms with Gasteiger partial charge in [0.1, 0.15) is 5.69 Å². The van der Waals surface area contributed by atoms with Crippen LogP contribution in [0.4, 0.5) is 0 Å². The van der Waals surface area contributed by atoms with E-state index >= 15 is 0 Å². The lowest BCUT2D eigenvalue weighted by Crippen LogP contribution is -2.23. The Morgan fingerprint density at radius 1 is 1.00 bits per heavy atom. The molecule has 0 bridgehead atoms. The summed E-state index contributed by atoms with van der Waals surface area (Å²) in [6, 6.07) is 19.4. The minimum atomic E-state index is -1.95. The number of nitrogens with one attached hydrogen (secondary N) is 1. The number of nitrogens with zero attached hydrogens (tertiary/aromatic N) is 1. The Hall–Kier alpha value is -2.68. The van der Waals surface area contributed by atoms with E-state index in [2.05, 4.69) is 10.3 Å². The third-order valence-corrected chi connectivity index (χ3v) is 2.93. The van der Waals surface area contributed by atoms with Gasteiger partial charge in [-0.15, -0.1) is 0 Å². The lowest BCUT2D eigenvalue weighted by atomic mass is 10.2. The van der Waals surface area contributed by atoms with Crippen molar-refractivity contribution in [2.45, 2.75) is 6.50 Å². The number of hydrogen-bond acceptors (Lipinski definition) is 2. The van der Waals surface area contributed by atoms with Gasteiger partial charge in [0, 0.05) is 11.9 Å². The Labute approximate surface area is 120 Å². The second-order valence-corrected chi connectivity index (χ2v) is 4.33. The van der Waals surface area contributed by atoms with Crippen LogP contribution in [0.1, 0.15) is 18.8 Å². The van der Waals surface area contributed by atoms with Crippen molar-refractivity contribution in [3.63, 3.8) is 0 Å². The molecule has 1 heterocycles. The number of para-hydroxylation sites is 1. The van der Waals surface area contributed by atoms with Crippen molar-refractivity contribution < 1.29 is 7.54 Å². The molecule has 0 saturated heterocycles. The summed E-state index contributed by atoms with van der Waals surface area (Å²) >= 11 is 0. The quantitative estimate of drug-likeness (QED) is 0.789. The van der Waals surface area contributed by atoms with Crippen molar-refractivity contribution in [3.05, 3.63) is 78.0 Å². The molecule has 0 aliphatic rings. The summed E-state index contributed by atoms with van der Waals surface area (Å²) in [5, 5.41) is 3.32. The van der Waals surface area contributed by atoms with Gasteiger partial charge in [-0.05, 0) is 17.7 Å². The van der Waals surface area contributed by atoms with Gasteiger partial charge in [0.25, 0.3) is 5.91 Å². The monoisotopic (exact) mass is 264 g/mol. The molecule has 1 N–H and O–H groups in total. The molecule has 1 amide bonds. The highest BCUT2D eigenvalue weighted by Gasteiger charge is 2.07. The van der Waals surface area contributed by atoms with Crippen LogP contribution < -0.4 is 5.32 Å². The average molecular weight is 264 g/mol. The molecule has 0 aliphatic heterocycles. The molecular weight excluding hydrogens is 248 g/mol. The lowest BCUT2D eigenvalue weighted by molar-refractivity contribution is 0.0946. The maximum absolute atomic E-state index is 12.3. The van der Waals surface area contributed by atoms with Crippen molar-refractivity contribution in [2.75, 3.05) is 0 Å². The minimum absolute atomic E-state index is 0.193. The number of carbonyl (C=O) groups is 1. The Kier molecular flexibility index (Phi) is 2.81. The van der Waals surface area contributed by atoms with Gasteiger partial charge >= 0.3 is 0 Å². The molecule has 3 heteroatoms. The van der Waals surface area contributed by atoms with Gasteiger partial charge < -0.3 is 5.32 Å². The summed E-state index contributed by atoms with van der Waals surface area (Å²) in [5.41, 5.74) is 1.29. The van der Waals surface area contributed by atoms with Gasteiger partial charge in [-0.25, -0.2) is 4.98 Å². The molecule has 0 atom stereocenters. The summed E-state index contributed by atoms with van der Waals surface area (Å²) in [7, 11) is 0. The first-order valence-corrected chi connectivity index (χ1v) is 6.30. The Bertz CT molecular complexity index is 819. The Morgan fingerprint density at radius 3 is 2.60 bits per heavy atom. The van der Waals surface area contributed by atoms with Gasteiger partial charge in [0.2, 0.25) is 0 Å². The van der Waals surface area contributed by atoms with Crippen LogP contribution in [-0.2, 0) is 6.50 Å². The highest BCUT2D eigenvalue weighted by molar-refractivity contribution is 5.94. The molecule has 0 saturated carbocycles. The zero-order chi connectivity index (χ0) is 15.6. The second-order valence-electron chi connectivity index (χ2n) is 4.33. The van der Waals surface area contributed by atoms with Crippen LogP contribution in [0.5, 0.6) is 0 Å². The molecule has 0 spiro atoms. The minimum Gasteiger partial charge on any atom is -0.347 e. The summed E-state index contributed by atoms with van der Waals surface area (Å²) in [6.45, 7) is -1.95. The van der Waals surface area contributed by atoms with Crippen LogP contribution in [-0.4, -0.2) is 10.9 Å². The normalized spacial score (nSPS) is 12.6. The van der Waals surface area contributed by atoms with E-state index in [0.29, 0.717) is 11.1 Å². The van der Waals surface area contributed by atoms with Gasteiger partial charge in [-0.2, -0.15) is 0 Å². The number of hydrogen-bond donors (Lipinski definition) is 1. The Balaban J connectivity index is 1.86. The highest BCUT2D eigenvalue weighted by Crippen LogP contribution is 2.11. The van der Waals surface area contributed by atoms with Crippen molar-refractivity contribution in [2.24, 2.45) is 0 Å². The number of carbonyl (C=O) groups excluding carboxylic acids is 1. The molecular formula is C17H14N2O. The largest absolute Gasteiger partial charge is 0.347 e. The van der Waals surface area contributed by atoms with E-state index in [0.717, 1.165) is 5.39 Å². The zero-order valence-electron chi connectivity index (χ0n) is 12.7. The standard InChI is InChI=1S/C17H14N2O/c20-17(18-12-13-6-2-1-3-7-13)16-11-10-14-8-4-5-9-15(14)19-16/h1-11H,12H2,(H,18,20)/i12D2. The van der Waals surface area contributed by atoms with E-state index in [1.54, 1.807) is 42.5 Å². The average Bonchev–Trinajstić information content (AvgIpc) is 2.55. The third-order valence-electron chi connectivity index (χ3n) is 2.93. The van der Waals surface area contributed by atoms with Gasteiger partial charge in [-0.1, -0.05) is 54.6 Å². The van der Waals surface area contributed by atoms with Crippen LogP contribution in [0.2, 0.25) is 0 Å². The SMILES string of the molecule is [2H]C([2H])(NC(=O)c1ccc2ccccc2n1)c1ccccc1. The number of benzene rings is 2. The summed E-state index contributed by atoms with van der Waals surface area (Å²) in [4.78, 5) is 16.5. The highest BCUT2D eigenvalue weighted by atomic mass is 16.1. The van der Waals surface area contributed by atoms with E-state index < -0.39 is 12.4 Å². The fourth-order valence-corrected chi connectivity index (χ4v) is 1.91. The van der Waals surface area contributed by atoms with Crippen LogP contribution in [0, 0.1) is 0 Å². The van der Waals surface area contributed by atoms with E-state index in [9.17, 15) is 4.79 Å². The molecule has 0 aliphatic carbocycles. The molecule has 1 aromatic heterocycles. The van der Waals surface area contributed by atoms with Crippen molar-refractivity contribution >= 4 is 16.8 Å². The van der Waals surface area contributed by atoms with Gasteiger partial charge in [0.15, 0.2) is 0 Å². The molecule has 0 unspecified atom stereocenters. The fraction of sp³-hybridized carbons (Fsp3) is 0.0588. The van der Waals surface area contributed by atoms with Gasteiger partial charge in [-0.3, -0.25) is 4.79 Å². The lowest BCUT2D eigenvalue weighted by Gasteiger charge is -2.05. The number of rotatable bonds is 3. The number of pyridine rings is 1. The van der Waals surface area contributed by atoms with Gasteiger partial charge in [0.05, 0.1) is 8.26 Å². The number of aromatic nitrogens is 1. The molecule has 3 rings (SSSR count). The summed E-state index contributed by atoms with van der Waals surface area (Å²) < 4.78 is 16.0. The maximum Gasteiger partial charge on any atom is 0.270 e. The topological polar surface area (TPSA) is 42.0 Å².